The molecule has 1 rings (SSSR count). The van der Waals surface area contributed by atoms with Crippen molar-refractivity contribution < 1.29 is 31.3 Å². The molecular formula is C16H22ClFN2O2. The van der Waals surface area contributed by atoms with Crippen LogP contribution >= 0.6 is 0 Å². The highest BCUT2D eigenvalue weighted by Gasteiger charge is 2.15. The number of carbonyl (C=O) groups is 1. The van der Waals surface area contributed by atoms with Gasteiger partial charge in [0.2, 0.25) is 0 Å². The lowest BCUT2D eigenvalue weighted by Crippen LogP contribution is -3.00. The van der Waals surface area contributed by atoms with Crippen LogP contribution in [0, 0.1) is 0 Å². The molecule has 4 nitrogen and oxygen atoms in total. The highest BCUT2D eigenvalue weighted by molar-refractivity contribution is 5.94. The Morgan fingerprint density at radius 3 is 2.41 bits per heavy atom. The van der Waals surface area contributed by atoms with Gasteiger partial charge in [0.05, 0.1) is 11.9 Å². The Kier molecular flexibility index (Phi) is 8.42. The summed E-state index contributed by atoms with van der Waals surface area (Å²) >= 11 is 0. The largest absolute Gasteiger partial charge is 1.00 e. The van der Waals surface area contributed by atoms with Gasteiger partial charge in [0, 0.05) is 11.1 Å². The van der Waals surface area contributed by atoms with Crippen molar-refractivity contribution >= 4 is 12.6 Å². The maximum Gasteiger partial charge on any atom is 0.251 e. The molecule has 122 valence electrons. The third-order valence-electron chi connectivity index (χ3n) is 2.54. The van der Waals surface area contributed by atoms with Crippen LogP contribution in [0.2, 0.25) is 0 Å². The van der Waals surface area contributed by atoms with E-state index in [4.69, 9.17) is 4.74 Å². The van der Waals surface area contributed by atoms with Crippen molar-refractivity contribution in [3.8, 4) is 5.75 Å². The fourth-order valence-electron chi connectivity index (χ4n) is 1.57. The van der Waals surface area contributed by atoms with E-state index in [9.17, 15) is 9.18 Å². The molecule has 1 aromatic rings. The van der Waals surface area contributed by atoms with Gasteiger partial charge in [0.1, 0.15) is 19.1 Å². The van der Waals surface area contributed by atoms with Gasteiger partial charge in [0.15, 0.2) is 6.54 Å². The summed E-state index contributed by atoms with van der Waals surface area (Å²) in [4.78, 5) is 14.6. The van der Waals surface area contributed by atoms with Crippen LogP contribution in [0.3, 0.4) is 0 Å². The molecule has 0 saturated heterocycles. The Balaban J connectivity index is 0.00000441. The van der Waals surface area contributed by atoms with Crippen molar-refractivity contribution in [2.45, 2.75) is 26.3 Å². The highest BCUT2D eigenvalue weighted by atomic mass is 35.5. The Morgan fingerprint density at radius 2 is 1.95 bits per heavy atom. The zero-order valence-electron chi connectivity index (χ0n) is 13.1. The molecule has 0 fully saturated rings. The second kappa shape index (κ2) is 9.20. The second-order valence-electron chi connectivity index (χ2n) is 5.71. The summed E-state index contributed by atoms with van der Waals surface area (Å²) in [6, 6.07) is 6.72. The number of benzene rings is 1. The average molecular weight is 329 g/mol. The molecule has 0 aliphatic rings. The summed E-state index contributed by atoms with van der Waals surface area (Å²) in [5, 5.41) is 2.88. The van der Waals surface area contributed by atoms with Crippen LogP contribution in [-0.4, -0.2) is 31.3 Å². The number of ether oxygens (including phenoxy) is 1. The van der Waals surface area contributed by atoms with Gasteiger partial charge >= 0.3 is 0 Å². The van der Waals surface area contributed by atoms with E-state index in [-0.39, 0.29) is 30.5 Å². The Labute approximate surface area is 136 Å². The first kappa shape index (κ1) is 20.1. The molecule has 2 N–H and O–H groups in total. The minimum atomic E-state index is -0.283. The van der Waals surface area contributed by atoms with Gasteiger partial charge < -0.3 is 22.5 Å². The summed E-state index contributed by atoms with van der Waals surface area (Å²) in [7, 11) is 0. The third kappa shape index (κ3) is 7.22. The van der Waals surface area contributed by atoms with Crippen LogP contribution in [0.4, 0.5) is 4.39 Å². The van der Waals surface area contributed by atoms with Crippen molar-refractivity contribution in [3.05, 3.63) is 41.7 Å². The summed E-state index contributed by atoms with van der Waals surface area (Å²) < 4.78 is 18.0. The van der Waals surface area contributed by atoms with E-state index in [1.54, 1.807) is 24.3 Å². The van der Waals surface area contributed by atoms with E-state index in [2.05, 4.69) is 17.0 Å². The first-order chi connectivity index (χ1) is 9.85. The molecule has 1 aromatic carbocycles. The first-order valence-corrected chi connectivity index (χ1v) is 6.69. The van der Waals surface area contributed by atoms with Crippen LogP contribution in [0.25, 0.3) is 0 Å². The monoisotopic (exact) mass is 328 g/mol. The summed E-state index contributed by atoms with van der Waals surface area (Å²) in [5.41, 5.74) is 0.728. The standard InChI is InChI=1S/C16H21FN2O2.ClH/c1-16(2,3)19-15(20)13-5-7-14(8-6-13)21-11-12(9-17)10-18-4;/h5-9H,4,10-11H2,1-3H3,(H,19,20);1H/b12-9+;. The SMILES string of the molecule is C=[NH+]C/C(=C\F)COc1ccc(C(=O)NC(C)(C)C)cc1.[Cl-]. The molecular weight excluding hydrogens is 307 g/mol. The Hall–Kier alpha value is -1.88. The molecule has 1 amide bonds. The first-order valence-electron chi connectivity index (χ1n) is 6.69. The number of amides is 1. The lowest BCUT2D eigenvalue weighted by Gasteiger charge is -2.20. The molecule has 0 aliphatic heterocycles. The maximum atomic E-state index is 12.5. The molecule has 0 heterocycles. The smallest absolute Gasteiger partial charge is 0.251 e. The number of halogens is 2. The van der Waals surface area contributed by atoms with Crippen LogP contribution in [0.1, 0.15) is 31.1 Å². The normalized spacial score (nSPS) is 11.4. The minimum Gasteiger partial charge on any atom is -1.00 e. The van der Waals surface area contributed by atoms with Crippen molar-refractivity contribution in [1.29, 1.82) is 0 Å². The summed E-state index contributed by atoms with van der Waals surface area (Å²) in [5.74, 6) is 0.436. The quantitative estimate of drug-likeness (QED) is 0.608. The lowest BCUT2D eigenvalue weighted by atomic mass is 10.1. The lowest BCUT2D eigenvalue weighted by molar-refractivity contribution is -0.437. The molecule has 6 heteroatoms. The fourth-order valence-corrected chi connectivity index (χ4v) is 1.57. The molecule has 0 aliphatic carbocycles. The van der Waals surface area contributed by atoms with Gasteiger partial charge in [0.25, 0.3) is 5.91 Å². The molecule has 0 unspecified atom stereocenters. The Bertz CT molecular complexity index is 522. The second-order valence-corrected chi connectivity index (χ2v) is 5.71. The molecule has 0 saturated carbocycles. The third-order valence-corrected chi connectivity index (χ3v) is 2.54. The van der Waals surface area contributed by atoms with Gasteiger partial charge in [-0.1, -0.05) is 0 Å². The maximum absolute atomic E-state index is 12.5. The molecule has 0 radical (unpaired) electrons. The molecule has 0 bridgehead atoms. The van der Waals surface area contributed by atoms with Gasteiger partial charge in [-0.05, 0) is 45.0 Å². The zero-order valence-corrected chi connectivity index (χ0v) is 13.8. The van der Waals surface area contributed by atoms with Crippen molar-refractivity contribution in [3.63, 3.8) is 0 Å². The molecule has 22 heavy (non-hydrogen) atoms. The fraction of sp³-hybridized carbons (Fsp3) is 0.375. The van der Waals surface area contributed by atoms with Gasteiger partial charge in [-0.3, -0.25) is 9.79 Å². The van der Waals surface area contributed by atoms with Crippen molar-refractivity contribution in [2.24, 2.45) is 0 Å². The van der Waals surface area contributed by atoms with E-state index in [1.807, 2.05) is 20.8 Å². The molecule has 0 atom stereocenters. The van der Waals surface area contributed by atoms with E-state index >= 15 is 0 Å². The topological polar surface area (TPSA) is 52.3 Å². The van der Waals surface area contributed by atoms with Crippen molar-refractivity contribution in [2.75, 3.05) is 13.2 Å². The van der Waals surface area contributed by atoms with Gasteiger partial charge in [-0.25, -0.2) is 4.39 Å². The predicted octanol–water partition coefficient (Wildman–Crippen LogP) is -1.77. The van der Waals surface area contributed by atoms with E-state index in [0.29, 0.717) is 29.8 Å². The zero-order chi connectivity index (χ0) is 15.9. The Morgan fingerprint density at radius 1 is 1.36 bits per heavy atom. The number of rotatable bonds is 6. The average Bonchev–Trinajstić information content (AvgIpc) is 2.42. The van der Waals surface area contributed by atoms with Crippen LogP contribution < -0.4 is 27.5 Å². The van der Waals surface area contributed by atoms with Gasteiger partial charge in [-0.15, -0.1) is 0 Å². The number of hydrogen-bond acceptors (Lipinski definition) is 2. The van der Waals surface area contributed by atoms with E-state index in [0.717, 1.165) is 0 Å². The number of carbonyl (C=O) groups excluding carboxylic acids is 1. The van der Waals surface area contributed by atoms with Crippen LogP contribution in [0.15, 0.2) is 36.2 Å². The minimum absolute atomic E-state index is 0. The summed E-state index contributed by atoms with van der Waals surface area (Å²) in [6.45, 7) is 9.65. The highest BCUT2D eigenvalue weighted by Crippen LogP contribution is 2.14. The predicted molar refractivity (Wildman–Crippen MR) is 81.3 cm³/mol. The van der Waals surface area contributed by atoms with Crippen LogP contribution in [-0.2, 0) is 0 Å². The van der Waals surface area contributed by atoms with Gasteiger partial charge in [-0.2, -0.15) is 0 Å². The number of nitrogens with one attached hydrogen (secondary N) is 2. The van der Waals surface area contributed by atoms with E-state index < -0.39 is 0 Å². The van der Waals surface area contributed by atoms with E-state index in [1.165, 1.54) is 0 Å². The van der Waals surface area contributed by atoms with Crippen molar-refractivity contribution in [1.82, 2.24) is 5.32 Å². The number of hydrogen-bond donors (Lipinski definition) is 2. The summed E-state index contributed by atoms with van der Waals surface area (Å²) in [6.07, 6.45) is 0.503. The molecule has 0 aromatic heterocycles. The van der Waals surface area contributed by atoms with Crippen LogP contribution in [0.5, 0.6) is 5.75 Å². The molecule has 0 spiro atoms.